The molecular weight excluding hydrogens is 723 g/mol. The SMILES string of the molecule is COc1cc(/C=C/c2cccc(-c3cccc(NC(=O)c4nc5c(n4C)CCN(CCO)C5)c3Cl)c2C)c(C(F)(F)F)cc1CN1CCCC[C@H]1C(=O)O. The Bertz CT molecular complexity index is 2080. The molecule has 0 radical (unpaired) electrons. The van der Waals surface area contributed by atoms with Crippen molar-refractivity contribution >= 4 is 41.3 Å². The van der Waals surface area contributed by atoms with Gasteiger partial charge in [0, 0.05) is 56.5 Å². The summed E-state index contributed by atoms with van der Waals surface area (Å²) in [6.45, 7) is 4.21. The van der Waals surface area contributed by atoms with E-state index in [1.165, 1.54) is 19.3 Å². The van der Waals surface area contributed by atoms with E-state index in [9.17, 15) is 33.0 Å². The third-order valence-electron chi connectivity index (χ3n) is 10.3. The molecule has 0 unspecified atom stereocenters. The van der Waals surface area contributed by atoms with Crippen LogP contribution in [-0.4, -0.2) is 80.8 Å². The number of halogens is 4. The Labute approximate surface area is 316 Å². The van der Waals surface area contributed by atoms with Gasteiger partial charge in [-0.25, -0.2) is 4.98 Å². The Morgan fingerprint density at radius 3 is 2.54 bits per heavy atom. The van der Waals surface area contributed by atoms with Gasteiger partial charge in [0.15, 0.2) is 5.82 Å². The van der Waals surface area contributed by atoms with Crippen LogP contribution in [0.5, 0.6) is 5.75 Å². The van der Waals surface area contributed by atoms with Crippen molar-refractivity contribution in [3.63, 3.8) is 0 Å². The average Bonchev–Trinajstić information content (AvgIpc) is 3.47. The molecule has 1 saturated heterocycles. The Morgan fingerprint density at radius 1 is 1.07 bits per heavy atom. The number of likely N-dealkylation sites (tertiary alicyclic amines) is 1. The average molecular weight is 766 g/mol. The number of benzene rings is 3. The third-order valence-corrected chi connectivity index (χ3v) is 10.7. The molecule has 2 aliphatic rings. The van der Waals surface area contributed by atoms with Gasteiger partial charge in [0.25, 0.3) is 5.91 Å². The quantitative estimate of drug-likeness (QED) is 0.136. The van der Waals surface area contributed by atoms with Gasteiger partial charge in [-0.3, -0.25) is 19.4 Å². The predicted molar refractivity (Wildman–Crippen MR) is 201 cm³/mol. The number of methoxy groups -OCH3 is 1. The molecule has 14 heteroatoms. The normalized spacial score (nSPS) is 16.8. The van der Waals surface area contributed by atoms with Crippen molar-refractivity contribution in [2.24, 2.45) is 7.05 Å². The smallest absolute Gasteiger partial charge is 0.417 e. The van der Waals surface area contributed by atoms with Crippen LogP contribution in [0.25, 0.3) is 23.3 Å². The first kappa shape index (κ1) is 39.0. The molecule has 1 amide bonds. The summed E-state index contributed by atoms with van der Waals surface area (Å²) in [6, 6.07) is 12.3. The van der Waals surface area contributed by atoms with E-state index in [0.29, 0.717) is 54.3 Å². The molecule has 3 N–H and O–H groups in total. The van der Waals surface area contributed by atoms with E-state index in [-0.39, 0.29) is 35.9 Å². The number of hydrogen-bond acceptors (Lipinski definition) is 7. The minimum atomic E-state index is -4.68. The van der Waals surface area contributed by atoms with Crippen molar-refractivity contribution in [1.82, 2.24) is 19.4 Å². The van der Waals surface area contributed by atoms with Crippen molar-refractivity contribution < 1.29 is 37.7 Å². The van der Waals surface area contributed by atoms with Crippen LogP contribution in [-0.2, 0) is 37.5 Å². The fourth-order valence-corrected chi connectivity index (χ4v) is 7.73. The first-order chi connectivity index (χ1) is 25.8. The number of anilines is 1. The zero-order chi connectivity index (χ0) is 38.7. The number of aliphatic carboxylic acids is 1. The molecule has 4 aromatic rings. The highest BCUT2D eigenvalue weighted by Gasteiger charge is 2.35. The highest BCUT2D eigenvalue weighted by atomic mass is 35.5. The van der Waals surface area contributed by atoms with Crippen LogP contribution >= 0.6 is 11.6 Å². The molecule has 2 aliphatic heterocycles. The second-order valence-corrected chi connectivity index (χ2v) is 14.1. The van der Waals surface area contributed by atoms with E-state index >= 15 is 0 Å². The van der Waals surface area contributed by atoms with E-state index in [1.54, 1.807) is 46.9 Å². The molecule has 0 spiro atoms. The summed E-state index contributed by atoms with van der Waals surface area (Å²) in [5, 5.41) is 22.2. The summed E-state index contributed by atoms with van der Waals surface area (Å²) < 4.78 is 50.8. The van der Waals surface area contributed by atoms with Crippen LogP contribution < -0.4 is 10.1 Å². The van der Waals surface area contributed by atoms with Crippen LogP contribution in [0.4, 0.5) is 18.9 Å². The lowest BCUT2D eigenvalue weighted by molar-refractivity contribution is -0.145. The van der Waals surface area contributed by atoms with Crippen LogP contribution in [0.2, 0.25) is 5.02 Å². The second-order valence-electron chi connectivity index (χ2n) is 13.7. The minimum Gasteiger partial charge on any atom is -0.496 e. The third kappa shape index (κ3) is 8.19. The van der Waals surface area contributed by atoms with E-state index in [1.807, 2.05) is 19.1 Å². The first-order valence-corrected chi connectivity index (χ1v) is 18.2. The Kier molecular flexibility index (Phi) is 11.8. The molecule has 286 valence electrons. The summed E-state index contributed by atoms with van der Waals surface area (Å²) >= 11 is 6.92. The number of aliphatic hydroxyl groups is 1. The number of fused-ring (bicyclic) bond motifs is 1. The fourth-order valence-electron chi connectivity index (χ4n) is 7.45. The van der Waals surface area contributed by atoms with Gasteiger partial charge in [-0.05, 0) is 66.8 Å². The lowest BCUT2D eigenvalue weighted by Gasteiger charge is -2.33. The number of aliphatic hydroxyl groups excluding tert-OH is 1. The van der Waals surface area contributed by atoms with Crippen LogP contribution in [0.1, 0.15) is 69.1 Å². The second kappa shape index (κ2) is 16.4. The van der Waals surface area contributed by atoms with Gasteiger partial charge < -0.3 is 24.8 Å². The number of ether oxygens (including phenoxy) is 1. The molecule has 54 heavy (non-hydrogen) atoms. The maximum atomic E-state index is 14.5. The topological polar surface area (TPSA) is 120 Å². The summed E-state index contributed by atoms with van der Waals surface area (Å²) in [5.74, 6) is -0.931. The molecule has 6 rings (SSSR count). The summed E-state index contributed by atoms with van der Waals surface area (Å²) in [6.07, 6.45) is 0.979. The number of alkyl halides is 3. The summed E-state index contributed by atoms with van der Waals surface area (Å²) in [4.78, 5) is 33.7. The van der Waals surface area contributed by atoms with Crippen molar-refractivity contribution in [3.05, 3.63) is 98.6 Å². The molecule has 1 atom stereocenters. The van der Waals surface area contributed by atoms with E-state index in [4.69, 9.17) is 16.3 Å². The lowest BCUT2D eigenvalue weighted by Crippen LogP contribution is -2.44. The van der Waals surface area contributed by atoms with E-state index in [0.717, 1.165) is 48.0 Å². The van der Waals surface area contributed by atoms with Crippen LogP contribution in [0.15, 0.2) is 48.5 Å². The monoisotopic (exact) mass is 765 g/mol. The molecule has 0 saturated carbocycles. The lowest BCUT2D eigenvalue weighted by atomic mass is 9.94. The zero-order valence-corrected chi connectivity index (χ0v) is 31.1. The molecule has 10 nitrogen and oxygen atoms in total. The number of carbonyl (C=O) groups excluding carboxylic acids is 1. The Balaban J connectivity index is 1.26. The van der Waals surface area contributed by atoms with Crippen molar-refractivity contribution in [2.75, 3.05) is 38.7 Å². The van der Waals surface area contributed by atoms with Gasteiger partial charge in [0.1, 0.15) is 11.8 Å². The standard InChI is InChI=1S/C40H43ClF3N5O5/c1-24-25(13-14-26-21-35(54-3)27(20-30(26)40(42,43)44)22-49-16-5-4-12-34(49)39(52)53)8-6-9-28(24)29-10-7-11-31(36(29)41)46-38(51)37-45-32-23-48(18-19-50)17-15-33(32)47(37)2/h6-11,13-14,20-21,34,50H,4-5,12,15-19,22-23H2,1-3H3,(H,46,51)(H,52,53)/b14-13+/t34-/m0/s1. The highest BCUT2D eigenvalue weighted by molar-refractivity contribution is 6.36. The Hall–Kier alpha value is -4.69. The Morgan fingerprint density at radius 2 is 1.81 bits per heavy atom. The number of imidazole rings is 1. The molecule has 0 aliphatic carbocycles. The molecular formula is C40H43ClF3N5O5. The van der Waals surface area contributed by atoms with E-state index in [2.05, 4.69) is 15.2 Å². The summed E-state index contributed by atoms with van der Waals surface area (Å²) in [7, 11) is 3.19. The zero-order valence-electron chi connectivity index (χ0n) is 30.3. The van der Waals surface area contributed by atoms with Gasteiger partial charge in [-0.2, -0.15) is 13.2 Å². The van der Waals surface area contributed by atoms with Crippen LogP contribution in [0, 0.1) is 6.92 Å². The van der Waals surface area contributed by atoms with Gasteiger partial charge in [-0.1, -0.05) is 60.5 Å². The number of carbonyl (C=O) groups is 2. The number of β-amino-alcohol motifs (C(OH)–C–C–N with tert-alkyl or cyclic N) is 1. The highest BCUT2D eigenvalue weighted by Crippen LogP contribution is 2.40. The maximum absolute atomic E-state index is 14.5. The van der Waals surface area contributed by atoms with E-state index < -0.39 is 29.7 Å². The van der Waals surface area contributed by atoms with Gasteiger partial charge in [-0.15, -0.1) is 0 Å². The number of carboxylic acids is 1. The maximum Gasteiger partial charge on any atom is 0.417 e. The van der Waals surface area contributed by atoms with Crippen LogP contribution in [0.3, 0.4) is 0 Å². The van der Waals surface area contributed by atoms with Gasteiger partial charge >= 0.3 is 12.1 Å². The minimum absolute atomic E-state index is 0.0165. The van der Waals surface area contributed by atoms with Gasteiger partial charge in [0.05, 0.1) is 35.7 Å². The van der Waals surface area contributed by atoms with Crippen molar-refractivity contribution in [3.8, 4) is 16.9 Å². The number of hydrogen-bond donors (Lipinski definition) is 3. The number of carboxylic acid groups (broad SMARTS) is 1. The number of nitrogens with one attached hydrogen (secondary N) is 1. The number of rotatable bonds is 11. The number of aromatic nitrogens is 2. The van der Waals surface area contributed by atoms with Gasteiger partial charge in [0.2, 0.25) is 0 Å². The fraction of sp³-hybridized carbons (Fsp3) is 0.375. The largest absolute Gasteiger partial charge is 0.496 e. The number of piperidine rings is 1. The number of amides is 1. The predicted octanol–water partition coefficient (Wildman–Crippen LogP) is 7.29. The number of nitrogens with zero attached hydrogens (tertiary/aromatic N) is 4. The summed E-state index contributed by atoms with van der Waals surface area (Å²) in [5.41, 5.74) is 4.23. The molecule has 0 bridgehead atoms. The van der Waals surface area contributed by atoms with Crippen molar-refractivity contribution in [1.29, 1.82) is 0 Å². The molecule has 1 aromatic heterocycles. The van der Waals surface area contributed by atoms with Crippen molar-refractivity contribution in [2.45, 2.75) is 57.9 Å². The molecule has 3 heterocycles. The molecule has 1 fully saturated rings. The first-order valence-electron chi connectivity index (χ1n) is 17.8. The molecule has 3 aromatic carbocycles.